The van der Waals surface area contributed by atoms with Gasteiger partial charge < -0.3 is 0 Å². The zero-order chi connectivity index (χ0) is 35.2. The molecule has 2 nitrogen and oxygen atoms in total. The van der Waals surface area contributed by atoms with Crippen molar-refractivity contribution < 1.29 is 4.39 Å². The number of rotatable bonds is 10. The first-order valence-corrected chi connectivity index (χ1v) is 21.7. The van der Waals surface area contributed by atoms with Crippen LogP contribution in [-0.4, -0.2) is 13.3 Å². The average molecular weight is 733 g/mol. The minimum absolute atomic E-state index is 0.262. The van der Waals surface area contributed by atoms with E-state index < -0.39 is 13.3 Å². The van der Waals surface area contributed by atoms with Crippen LogP contribution >= 0.6 is 0 Å². The summed E-state index contributed by atoms with van der Waals surface area (Å²) in [6.45, 7) is 0. The topological polar surface area (TPSA) is 6.48 Å². The molecule has 8 aromatic carbocycles. The molecule has 8 rings (SSSR count). The molecule has 250 valence electrons. The Kier molecular flexibility index (Phi) is 9.51. The van der Waals surface area contributed by atoms with Crippen molar-refractivity contribution in [2.24, 2.45) is 0 Å². The summed E-state index contributed by atoms with van der Waals surface area (Å²) in [5, 5.41) is 0. The van der Waals surface area contributed by atoms with E-state index in [1.165, 1.54) is 29.7 Å². The Morgan fingerprint density at radius 3 is 0.808 bits per heavy atom. The molecule has 0 N–H and O–H groups in total. The van der Waals surface area contributed by atoms with Gasteiger partial charge in [-0.1, -0.05) is 36.4 Å². The Morgan fingerprint density at radius 1 is 0.250 bits per heavy atom. The van der Waals surface area contributed by atoms with Crippen LogP contribution < -0.4 is 27.4 Å². The molecule has 0 bridgehead atoms. The van der Waals surface area contributed by atoms with Gasteiger partial charge in [0.1, 0.15) is 0 Å². The van der Waals surface area contributed by atoms with Crippen LogP contribution in [-0.2, 0) is 0 Å². The molecule has 4 heteroatoms. The van der Waals surface area contributed by atoms with Crippen molar-refractivity contribution in [3.05, 3.63) is 230 Å². The number of hydrogen-bond acceptors (Lipinski definition) is 2. The number of benzene rings is 8. The minimum atomic E-state index is -3.43. The molecular formula is C48H37FGeN2. The van der Waals surface area contributed by atoms with Gasteiger partial charge >= 0.3 is 273 Å². The molecule has 0 fully saturated rings. The third-order valence-electron chi connectivity index (χ3n) is 9.66. The number of nitrogens with zero attached hydrogens (tertiary/aromatic N) is 2. The molecule has 8 aromatic rings. The molecule has 0 saturated heterocycles. The number of para-hydroxylation sites is 2. The van der Waals surface area contributed by atoms with E-state index in [0.717, 1.165) is 34.1 Å². The van der Waals surface area contributed by atoms with E-state index in [1.807, 2.05) is 24.3 Å². The fourth-order valence-corrected chi connectivity index (χ4v) is 17.3. The molecule has 0 heterocycles. The second-order valence-electron chi connectivity index (χ2n) is 12.7. The van der Waals surface area contributed by atoms with Gasteiger partial charge in [-0.15, -0.1) is 0 Å². The summed E-state index contributed by atoms with van der Waals surface area (Å²) in [5.74, 6) is -0.262. The van der Waals surface area contributed by atoms with Crippen molar-refractivity contribution in [1.82, 2.24) is 0 Å². The van der Waals surface area contributed by atoms with Crippen molar-refractivity contribution in [2.45, 2.75) is 0 Å². The van der Waals surface area contributed by atoms with E-state index in [2.05, 4.69) is 198 Å². The fourth-order valence-electron chi connectivity index (χ4n) is 7.31. The molecule has 0 unspecified atom stereocenters. The number of anilines is 6. The molecule has 0 aromatic heterocycles. The molecular weight excluding hydrogens is 696 g/mol. The first-order chi connectivity index (χ1) is 25.7. The monoisotopic (exact) mass is 734 g/mol. The van der Waals surface area contributed by atoms with Crippen LogP contribution in [0.25, 0.3) is 0 Å². The van der Waals surface area contributed by atoms with E-state index in [1.54, 1.807) is 0 Å². The molecule has 0 atom stereocenters. The van der Waals surface area contributed by atoms with Crippen molar-refractivity contribution in [3.63, 3.8) is 0 Å². The predicted octanol–water partition coefficient (Wildman–Crippen LogP) is 10.1. The Labute approximate surface area is 308 Å². The molecule has 0 saturated carbocycles. The summed E-state index contributed by atoms with van der Waals surface area (Å²) in [7, 11) is 0. The molecule has 52 heavy (non-hydrogen) atoms. The number of halogens is 1. The van der Waals surface area contributed by atoms with E-state index >= 15 is 0 Å². The zero-order valence-electron chi connectivity index (χ0n) is 28.6. The first kappa shape index (κ1) is 33.0. The van der Waals surface area contributed by atoms with Crippen molar-refractivity contribution in [3.8, 4) is 0 Å². The van der Waals surface area contributed by atoms with E-state index in [0.29, 0.717) is 0 Å². The zero-order valence-corrected chi connectivity index (χ0v) is 30.7. The molecule has 0 amide bonds. The summed E-state index contributed by atoms with van der Waals surface area (Å²) in [6.07, 6.45) is 0. The van der Waals surface area contributed by atoms with Crippen LogP contribution in [0.3, 0.4) is 0 Å². The molecule has 0 spiro atoms. The molecule has 0 aliphatic heterocycles. The van der Waals surface area contributed by atoms with Crippen LogP contribution in [0.5, 0.6) is 0 Å². The maximum atomic E-state index is 14.3. The van der Waals surface area contributed by atoms with Crippen molar-refractivity contribution in [1.29, 1.82) is 0 Å². The summed E-state index contributed by atoms with van der Waals surface area (Å²) >= 11 is -3.43. The van der Waals surface area contributed by atoms with Crippen molar-refractivity contribution in [2.75, 3.05) is 9.80 Å². The number of hydrogen-bond donors (Lipinski definition) is 0. The molecule has 0 radical (unpaired) electrons. The van der Waals surface area contributed by atoms with Gasteiger partial charge in [0.15, 0.2) is 0 Å². The standard InChI is InChI=1S/C48H37FGeN2/c49-38-26-30-45(31-27-38)52(48-36-34-47(35-37-48)51(43-22-12-4-13-23-43)44-24-14-5-15-25-44)46-32-28-42(29-33-46)50(39-16-6-1-7-17-39,40-18-8-2-9-19-40)41-20-10-3-11-21-41/h1-37H. The van der Waals surface area contributed by atoms with Crippen LogP contribution in [0.1, 0.15) is 0 Å². The second-order valence-corrected chi connectivity index (χ2v) is 20.7. The first-order valence-electron chi connectivity index (χ1n) is 17.5. The third kappa shape index (κ3) is 6.43. The summed E-state index contributed by atoms with van der Waals surface area (Å²) in [5.41, 5.74) is 6.06. The fraction of sp³-hybridized carbons (Fsp3) is 0. The average Bonchev–Trinajstić information content (AvgIpc) is 3.22. The summed E-state index contributed by atoms with van der Waals surface area (Å²) in [6, 6.07) is 78.3. The third-order valence-corrected chi connectivity index (χ3v) is 19.7. The van der Waals surface area contributed by atoms with Crippen LogP contribution in [0.4, 0.5) is 38.5 Å². The van der Waals surface area contributed by atoms with Gasteiger partial charge in [0.05, 0.1) is 0 Å². The van der Waals surface area contributed by atoms with Gasteiger partial charge in [0, 0.05) is 0 Å². The maximum absolute atomic E-state index is 14.3. The van der Waals surface area contributed by atoms with Gasteiger partial charge in [0.2, 0.25) is 0 Å². The molecule has 0 aliphatic carbocycles. The van der Waals surface area contributed by atoms with Crippen LogP contribution in [0.15, 0.2) is 224 Å². The normalized spacial score (nSPS) is 11.2. The van der Waals surface area contributed by atoms with Crippen LogP contribution in [0.2, 0.25) is 0 Å². The van der Waals surface area contributed by atoms with E-state index in [-0.39, 0.29) is 5.82 Å². The quantitative estimate of drug-likeness (QED) is 0.129. The Bertz CT molecular complexity index is 2180. The van der Waals surface area contributed by atoms with Crippen LogP contribution in [0, 0.1) is 5.82 Å². The van der Waals surface area contributed by atoms with Gasteiger partial charge in [-0.25, -0.2) is 0 Å². The summed E-state index contributed by atoms with van der Waals surface area (Å²) < 4.78 is 19.7. The van der Waals surface area contributed by atoms with E-state index in [4.69, 9.17) is 0 Å². The van der Waals surface area contributed by atoms with E-state index in [9.17, 15) is 4.39 Å². The van der Waals surface area contributed by atoms with Crippen molar-refractivity contribution >= 4 is 65.0 Å². The Morgan fingerprint density at radius 2 is 0.481 bits per heavy atom. The van der Waals surface area contributed by atoms with Gasteiger partial charge in [0.25, 0.3) is 0 Å². The summed E-state index contributed by atoms with van der Waals surface area (Å²) in [4.78, 5) is 4.45. The van der Waals surface area contributed by atoms with Gasteiger partial charge in [-0.05, 0) is 0 Å². The van der Waals surface area contributed by atoms with Gasteiger partial charge in [-0.3, -0.25) is 0 Å². The van der Waals surface area contributed by atoms with Gasteiger partial charge in [-0.2, -0.15) is 0 Å². The Hall–Kier alpha value is -6.17. The predicted molar refractivity (Wildman–Crippen MR) is 219 cm³/mol. The Balaban J connectivity index is 1.25. The SMILES string of the molecule is Fc1ccc(N(c2ccc(N(c3ccccc3)c3ccccc3)cc2)c2cc[c]([Ge]([c]3ccccc3)([c]3ccccc3)[c]3ccccc3)cc2)cc1. The molecule has 0 aliphatic rings. The second kappa shape index (κ2) is 15.0.